The van der Waals surface area contributed by atoms with Crippen LogP contribution in [0.15, 0.2) is 0 Å². The van der Waals surface area contributed by atoms with E-state index in [1.807, 2.05) is 0 Å². The Balaban J connectivity index is 1.68. The van der Waals surface area contributed by atoms with Crippen LogP contribution in [0.25, 0.3) is 0 Å². The molecule has 2 saturated carbocycles. The SMILES string of the molecule is C1CC[C@@H]2C[C@@H]3CCCCC3NC2C1. The fourth-order valence-corrected chi connectivity index (χ4v) is 4.08. The van der Waals surface area contributed by atoms with Crippen molar-refractivity contribution in [3.63, 3.8) is 0 Å². The summed E-state index contributed by atoms with van der Waals surface area (Å²) in [6.45, 7) is 0. The molecule has 0 bridgehead atoms. The van der Waals surface area contributed by atoms with Crippen LogP contribution >= 0.6 is 0 Å². The molecule has 1 saturated heterocycles. The number of rotatable bonds is 0. The monoisotopic (exact) mass is 193 g/mol. The minimum Gasteiger partial charge on any atom is -0.311 e. The second kappa shape index (κ2) is 3.84. The molecule has 1 aliphatic heterocycles. The Labute approximate surface area is 87.7 Å². The fraction of sp³-hybridized carbons (Fsp3) is 1.00. The van der Waals surface area contributed by atoms with Gasteiger partial charge in [0.2, 0.25) is 0 Å². The van der Waals surface area contributed by atoms with Crippen molar-refractivity contribution in [1.29, 1.82) is 0 Å². The van der Waals surface area contributed by atoms with E-state index in [1.165, 1.54) is 51.4 Å². The third kappa shape index (κ3) is 1.60. The van der Waals surface area contributed by atoms with Crippen LogP contribution in [0.5, 0.6) is 0 Å². The molecule has 0 aromatic heterocycles. The van der Waals surface area contributed by atoms with Gasteiger partial charge in [0.05, 0.1) is 0 Å². The van der Waals surface area contributed by atoms with E-state index in [2.05, 4.69) is 5.32 Å². The van der Waals surface area contributed by atoms with Crippen LogP contribution in [-0.4, -0.2) is 12.1 Å². The molecule has 3 fully saturated rings. The molecular formula is C13H23N. The molecular weight excluding hydrogens is 170 g/mol. The van der Waals surface area contributed by atoms with Gasteiger partial charge in [-0.15, -0.1) is 0 Å². The predicted octanol–water partition coefficient (Wildman–Crippen LogP) is 3.10. The third-order valence-electron chi connectivity index (χ3n) is 4.85. The van der Waals surface area contributed by atoms with E-state index in [4.69, 9.17) is 0 Å². The molecule has 0 aromatic rings. The van der Waals surface area contributed by atoms with Gasteiger partial charge in [0.15, 0.2) is 0 Å². The molecule has 14 heavy (non-hydrogen) atoms. The maximum atomic E-state index is 3.96. The van der Waals surface area contributed by atoms with E-state index in [1.54, 1.807) is 6.42 Å². The van der Waals surface area contributed by atoms with Crippen molar-refractivity contribution >= 4 is 0 Å². The zero-order valence-corrected chi connectivity index (χ0v) is 9.17. The van der Waals surface area contributed by atoms with Crippen molar-refractivity contribution in [3.05, 3.63) is 0 Å². The first kappa shape index (κ1) is 9.21. The average Bonchev–Trinajstić information content (AvgIpc) is 2.26. The van der Waals surface area contributed by atoms with Gasteiger partial charge in [-0.05, 0) is 43.9 Å². The standard InChI is InChI=1S/C13H23N/c1-3-7-12-10(5-1)9-11-6-2-4-8-13(11)14-12/h10-14H,1-9H2/t10-,11+,12?,13?. The number of hydrogen-bond acceptors (Lipinski definition) is 1. The van der Waals surface area contributed by atoms with Crippen molar-refractivity contribution in [3.8, 4) is 0 Å². The van der Waals surface area contributed by atoms with Crippen molar-refractivity contribution in [2.75, 3.05) is 0 Å². The summed E-state index contributed by atoms with van der Waals surface area (Å²) in [7, 11) is 0. The molecule has 0 spiro atoms. The van der Waals surface area contributed by atoms with Crippen LogP contribution in [0.4, 0.5) is 0 Å². The maximum Gasteiger partial charge on any atom is 0.00981 e. The van der Waals surface area contributed by atoms with Gasteiger partial charge in [-0.25, -0.2) is 0 Å². The summed E-state index contributed by atoms with van der Waals surface area (Å²) >= 11 is 0. The lowest BCUT2D eigenvalue weighted by molar-refractivity contribution is 0.0955. The Kier molecular flexibility index (Phi) is 2.53. The Morgan fingerprint density at radius 2 is 1.14 bits per heavy atom. The van der Waals surface area contributed by atoms with Crippen LogP contribution in [-0.2, 0) is 0 Å². The van der Waals surface area contributed by atoms with Crippen molar-refractivity contribution in [2.24, 2.45) is 11.8 Å². The van der Waals surface area contributed by atoms with E-state index in [-0.39, 0.29) is 0 Å². The van der Waals surface area contributed by atoms with Crippen LogP contribution in [0, 0.1) is 11.8 Å². The molecule has 1 heterocycles. The molecule has 2 unspecified atom stereocenters. The highest BCUT2D eigenvalue weighted by molar-refractivity contribution is 4.95. The highest BCUT2D eigenvalue weighted by Gasteiger charge is 2.38. The molecule has 4 atom stereocenters. The zero-order valence-electron chi connectivity index (χ0n) is 9.17. The molecule has 0 amide bonds. The first-order chi connectivity index (χ1) is 6.93. The molecule has 2 aliphatic carbocycles. The Bertz CT molecular complexity index is 159. The number of hydrogen-bond donors (Lipinski definition) is 1. The number of piperidine rings is 1. The Hall–Kier alpha value is -0.0400. The average molecular weight is 193 g/mol. The van der Waals surface area contributed by atoms with Gasteiger partial charge in [0.1, 0.15) is 0 Å². The van der Waals surface area contributed by atoms with Crippen molar-refractivity contribution < 1.29 is 0 Å². The quantitative estimate of drug-likeness (QED) is 0.623. The number of fused-ring (bicyclic) bond motifs is 2. The lowest BCUT2D eigenvalue weighted by Crippen LogP contribution is -2.54. The molecule has 3 rings (SSSR count). The van der Waals surface area contributed by atoms with E-state index < -0.39 is 0 Å². The summed E-state index contributed by atoms with van der Waals surface area (Å²) in [6, 6.07) is 1.81. The third-order valence-corrected chi connectivity index (χ3v) is 4.85. The minimum atomic E-state index is 0.906. The molecule has 80 valence electrons. The first-order valence-corrected chi connectivity index (χ1v) is 6.69. The van der Waals surface area contributed by atoms with Gasteiger partial charge in [-0.1, -0.05) is 25.7 Å². The summed E-state index contributed by atoms with van der Waals surface area (Å²) in [5, 5.41) is 3.96. The van der Waals surface area contributed by atoms with E-state index in [0.717, 1.165) is 23.9 Å². The largest absolute Gasteiger partial charge is 0.311 e. The number of nitrogens with one attached hydrogen (secondary N) is 1. The Morgan fingerprint density at radius 1 is 0.643 bits per heavy atom. The smallest absolute Gasteiger partial charge is 0.00981 e. The maximum absolute atomic E-state index is 3.96. The lowest BCUT2D eigenvalue weighted by Gasteiger charge is -2.47. The van der Waals surface area contributed by atoms with Crippen molar-refractivity contribution in [1.82, 2.24) is 5.32 Å². The van der Waals surface area contributed by atoms with E-state index in [9.17, 15) is 0 Å². The van der Waals surface area contributed by atoms with Crippen LogP contribution < -0.4 is 5.32 Å². The van der Waals surface area contributed by atoms with Gasteiger partial charge >= 0.3 is 0 Å². The molecule has 0 radical (unpaired) electrons. The Morgan fingerprint density at radius 3 is 1.71 bits per heavy atom. The van der Waals surface area contributed by atoms with Crippen LogP contribution in [0.3, 0.4) is 0 Å². The minimum absolute atomic E-state index is 0.906. The molecule has 1 N–H and O–H groups in total. The van der Waals surface area contributed by atoms with E-state index in [0.29, 0.717) is 0 Å². The summed E-state index contributed by atoms with van der Waals surface area (Å²) in [5.41, 5.74) is 0. The van der Waals surface area contributed by atoms with Gasteiger partial charge in [0, 0.05) is 12.1 Å². The topological polar surface area (TPSA) is 12.0 Å². The summed E-state index contributed by atoms with van der Waals surface area (Å²) < 4.78 is 0. The summed E-state index contributed by atoms with van der Waals surface area (Å²) in [5.74, 6) is 2.09. The second-order valence-electron chi connectivity index (χ2n) is 5.70. The molecule has 0 aromatic carbocycles. The molecule has 3 aliphatic rings. The summed E-state index contributed by atoms with van der Waals surface area (Å²) in [6.07, 6.45) is 13.5. The second-order valence-corrected chi connectivity index (χ2v) is 5.70. The van der Waals surface area contributed by atoms with Crippen LogP contribution in [0.1, 0.15) is 57.8 Å². The predicted molar refractivity (Wildman–Crippen MR) is 59.2 cm³/mol. The summed E-state index contributed by atoms with van der Waals surface area (Å²) in [4.78, 5) is 0. The van der Waals surface area contributed by atoms with Crippen LogP contribution in [0.2, 0.25) is 0 Å². The van der Waals surface area contributed by atoms with Gasteiger partial charge in [0.25, 0.3) is 0 Å². The fourth-order valence-electron chi connectivity index (χ4n) is 4.08. The highest BCUT2D eigenvalue weighted by atomic mass is 15.0. The van der Waals surface area contributed by atoms with Gasteiger partial charge < -0.3 is 5.32 Å². The van der Waals surface area contributed by atoms with E-state index >= 15 is 0 Å². The van der Waals surface area contributed by atoms with Gasteiger partial charge in [-0.3, -0.25) is 0 Å². The highest BCUT2D eigenvalue weighted by Crippen LogP contribution is 2.40. The van der Waals surface area contributed by atoms with Crippen molar-refractivity contribution in [2.45, 2.75) is 69.9 Å². The first-order valence-electron chi connectivity index (χ1n) is 6.69. The van der Waals surface area contributed by atoms with Gasteiger partial charge in [-0.2, -0.15) is 0 Å². The normalized spacial score (nSPS) is 48.0. The molecule has 1 nitrogen and oxygen atoms in total. The molecule has 1 heteroatoms. The lowest BCUT2D eigenvalue weighted by atomic mass is 9.69. The zero-order chi connectivity index (χ0) is 9.38.